The van der Waals surface area contributed by atoms with Gasteiger partial charge >= 0.3 is 0 Å². The highest BCUT2D eigenvalue weighted by atomic mass is 35.5. The van der Waals surface area contributed by atoms with Gasteiger partial charge in [-0.05, 0) is 41.5 Å². The van der Waals surface area contributed by atoms with Gasteiger partial charge in [-0.15, -0.1) is 0 Å². The number of anilines is 1. The van der Waals surface area contributed by atoms with E-state index in [2.05, 4.69) is 10.3 Å². The number of oxazole rings is 1. The molecule has 1 N–H and O–H groups in total. The molecule has 0 aliphatic heterocycles. The predicted molar refractivity (Wildman–Crippen MR) is 128 cm³/mol. The molecule has 5 aromatic rings. The second kappa shape index (κ2) is 9.08. The van der Waals surface area contributed by atoms with Crippen LogP contribution in [0.3, 0.4) is 0 Å². The maximum atomic E-state index is 13.7. The SMILES string of the molecule is O=C(Nc1ccc2oc(-c3cc(F)c(F)cc3Cl)nc2c1)C(c1ccccc1)c1ccccc1. The number of benzene rings is 4. The van der Waals surface area contributed by atoms with Gasteiger partial charge in [0.05, 0.1) is 16.5 Å². The van der Waals surface area contributed by atoms with Crippen molar-refractivity contribution in [3.8, 4) is 11.5 Å². The summed E-state index contributed by atoms with van der Waals surface area (Å²) in [5, 5.41) is 2.93. The van der Waals surface area contributed by atoms with Gasteiger partial charge in [0.15, 0.2) is 17.2 Å². The molecule has 4 nitrogen and oxygen atoms in total. The average Bonchev–Trinajstić information content (AvgIpc) is 3.26. The monoisotopic (exact) mass is 474 g/mol. The lowest BCUT2D eigenvalue weighted by atomic mass is 9.90. The molecular weight excluding hydrogens is 458 g/mol. The molecule has 1 amide bonds. The number of aromatic nitrogens is 1. The van der Waals surface area contributed by atoms with E-state index in [1.807, 2.05) is 60.7 Å². The number of carbonyl (C=O) groups is 1. The van der Waals surface area contributed by atoms with Crippen molar-refractivity contribution in [1.29, 1.82) is 0 Å². The predicted octanol–water partition coefficient (Wildman–Crippen LogP) is 7.20. The van der Waals surface area contributed by atoms with E-state index < -0.39 is 17.6 Å². The summed E-state index contributed by atoms with van der Waals surface area (Å²) >= 11 is 6.05. The van der Waals surface area contributed by atoms with E-state index in [1.54, 1.807) is 18.2 Å². The number of rotatable bonds is 5. The lowest BCUT2D eigenvalue weighted by Gasteiger charge is -2.18. The van der Waals surface area contributed by atoms with Crippen molar-refractivity contribution in [2.24, 2.45) is 0 Å². The molecule has 0 radical (unpaired) electrons. The molecule has 0 saturated carbocycles. The zero-order valence-electron chi connectivity index (χ0n) is 17.6. The van der Waals surface area contributed by atoms with E-state index in [-0.39, 0.29) is 22.4 Å². The number of nitrogens with one attached hydrogen (secondary N) is 1. The average molecular weight is 475 g/mol. The van der Waals surface area contributed by atoms with Crippen LogP contribution in [0.15, 0.2) is 95.4 Å². The smallest absolute Gasteiger partial charge is 0.236 e. The van der Waals surface area contributed by atoms with Crippen LogP contribution >= 0.6 is 11.6 Å². The molecule has 1 heterocycles. The molecule has 5 rings (SSSR count). The Morgan fingerprint density at radius 3 is 2.12 bits per heavy atom. The second-order valence-corrected chi connectivity index (χ2v) is 8.10. The Balaban J connectivity index is 1.46. The van der Waals surface area contributed by atoms with E-state index in [1.165, 1.54) is 0 Å². The highest BCUT2D eigenvalue weighted by Crippen LogP contribution is 2.33. The highest BCUT2D eigenvalue weighted by Gasteiger charge is 2.23. The van der Waals surface area contributed by atoms with Crippen molar-refractivity contribution >= 4 is 34.3 Å². The van der Waals surface area contributed by atoms with Gasteiger partial charge in [-0.25, -0.2) is 13.8 Å². The zero-order valence-corrected chi connectivity index (χ0v) is 18.4. The number of nitrogens with zero attached hydrogens (tertiary/aromatic N) is 1. The third-order valence-corrected chi connectivity index (χ3v) is 5.74. The third-order valence-electron chi connectivity index (χ3n) is 5.42. The van der Waals surface area contributed by atoms with Crippen molar-refractivity contribution < 1.29 is 18.0 Å². The van der Waals surface area contributed by atoms with E-state index in [9.17, 15) is 13.6 Å². The molecule has 0 aliphatic carbocycles. The van der Waals surface area contributed by atoms with E-state index in [4.69, 9.17) is 16.0 Å². The fourth-order valence-electron chi connectivity index (χ4n) is 3.81. The number of amides is 1. The molecule has 1 aromatic heterocycles. The fraction of sp³-hybridized carbons (Fsp3) is 0.0370. The number of carbonyl (C=O) groups excluding carboxylic acids is 1. The Bertz CT molecular complexity index is 1450. The van der Waals surface area contributed by atoms with E-state index in [0.717, 1.165) is 23.3 Å². The molecular formula is C27H17ClF2N2O2. The van der Waals surface area contributed by atoms with Crippen LogP contribution < -0.4 is 5.32 Å². The normalized spacial score (nSPS) is 11.2. The Morgan fingerprint density at radius 2 is 1.47 bits per heavy atom. The van der Waals surface area contributed by atoms with Gasteiger partial charge in [-0.1, -0.05) is 72.3 Å². The summed E-state index contributed by atoms with van der Waals surface area (Å²) < 4.78 is 32.8. The lowest BCUT2D eigenvalue weighted by molar-refractivity contribution is -0.116. The first kappa shape index (κ1) is 21.8. The van der Waals surface area contributed by atoms with Crippen LogP contribution in [-0.4, -0.2) is 10.9 Å². The van der Waals surface area contributed by atoms with Gasteiger partial charge in [-0.3, -0.25) is 4.79 Å². The van der Waals surface area contributed by atoms with Gasteiger partial charge in [0.2, 0.25) is 11.8 Å². The van der Waals surface area contributed by atoms with Crippen LogP contribution in [-0.2, 0) is 4.79 Å². The van der Waals surface area contributed by atoms with Gasteiger partial charge in [0, 0.05) is 5.69 Å². The summed E-state index contributed by atoms with van der Waals surface area (Å²) in [6, 6.07) is 25.8. The van der Waals surface area contributed by atoms with Crippen LogP contribution in [0.5, 0.6) is 0 Å². The molecule has 0 atom stereocenters. The Hall–Kier alpha value is -4.03. The summed E-state index contributed by atoms with van der Waals surface area (Å²) in [6.45, 7) is 0. The molecule has 0 fully saturated rings. The standard InChI is InChI=1S/C27H17ClF2N2O2/c28-20-15-22(30)21(29)14-19(20)27-32-23-13-18(11-12-24(23)34-27)31-26(33)25(16-7-3-1-4-8-16)17-9-5-2-6-10-17/h1-15,25H,(H,31,33). The molecule has 34 heavy (non-hydrogen) atoms. The van der Waals surface area contributed by atoms with Crippen LogP contribution in [0, 0.1) is 11.6 Å². The van der Waals surface area contributed by atoms with Crippen LogP contribution in [0.2, 0.25) is 5.02 Å². The number of fused-ring (bicyclic) bond motifs is 1. The van der Waals surface area contributed by atoms with Crippen molar-refractivity contribution in [2.75, 3.05) is 5.32 Å². The molecule has 168 valence electrons. The van der Waals surface area contributed by atoms with E-state index >= 15 is 0 Å². The first-order valence-electron chi connectivity index (χ1n) is 10.5. The maximum absolute atomic E-state index is 13.7. The molecule has 4 aromatic carbocycles. The summed E-state index contributed by atoms with van der Waals surface area (Å²) in [5.74, 6) is -2.77. The topological polar surface area (TPSA) is 55.1 Å². The van der Waals surface area contributed by atoms with Gasteiger partial charge in [-0.2, -0.15) is 0 Å². The zero-order chi connectivity index (χ0) is 23.7. The molecule has 0 aliphatic rings. The Morgan fingerprint density at radius 1 is 0.853 bits per heavy atom. The number of hydrogen-bond donors (Lipinski definition) is 1. The fourth-order valence-corrected chi connectivity index (χ4v) is 4.04. The van der Waals surface area contributed by atoms with Gasteiger partial charge in [0.25, 0.3) is 0 Å². The first-order chi connectivity index (χ1) is 16.5. The van der Waals surface area contributed by atoms with Crippen molar-refractivity contribution in [3.63, 3.8) is 0 Å². The summed E-state index contributed by atoms with van der Waals surface area (Å²) in [7, 11) is 0. The Labute approximate surface area is 198 Å². The summed E-state index contributed by atoms with van der Waals surface area (Å²) in [6.07, 6.45) is 0. The number of halogens is 3. The molecule has 0 saturated heterocycles. The largest absolute Gasteiger partial charge is 0.436 e. The highest BCUT2D eigenvalue weighted by molar-refractivity contribution is 6.33. The molecule has 0 unspecified atom stereocenters. The minimum absolute atomic E-state index is 0.0208. The molecule has 7 heteroatoms. The summed E-state index contributed by atoms with van der Waals surface area (Å²) in [5.41, 5.74) is 3.23. The Kier molecular flexibility index (Phi) is 5.82. The van der Waals surface area contributed by atoms with Crippen LogP contribution in [0.4, 0.5) is 14.5 Å². The minimum Gasteiger partial charge on any atom is -0.436 e. The lowest BCUT2D eigenvalue weighted by Crippen LogP contribution is -2.22. The van der Waals surface area contributed by atoms with Crippen molar-refractivity contribution in [2.45, 2.75) is 5.92 Å². The first-order valence-corrected chi connectivity index (χ1v) is 10.8. The van der Waals surface area contributed by atoms with E-state index in [0.29, 0.717) is 16.8 Å². The van der Waals surface area contributed by atoms with Gasteiger partial charge in [0.1, 0.15) is 5.52 Å². The molecule has 0 bridgehead atoms. The summed E-state index contributed by atoms with van der Waals surface area (Å²) in [4.78, 5) is 17.7. The van der Waals surface area contributed by atoms with Crippen LogP contribution in [0.25, 0.3) is 22.6 Å². The molecule has 0 spiro atoms. The number of hydrogen-bond acceptors (Lipinski definition) is 3. The van der Waals surface area contributed by atoms with Crippen molar-refractivity contribution in [1.82, 2.24) is 4.98 Å². The maximum Gasteiger partial charge on any atom is 0.236 e. The van der Waals surface area contributed by atoms with Gasteiger partial charge < -0.3 is 9.73 Å². The van der Waals surface area contributed by atoms with Crippen molar-refractivity contribution in [3.05, 3.63) is 119 Å². The quantitative estimate of drug-likeness (QED) is 0.274. The van der Waals surface area contributed by atoms with Crippen LogP contribution in [0.1, 0.15) is 17.0 Å². The third kappa shape index (κ3) is 4.28. The minimum atomic E-state index is -1.05. The second-order valence-electron chi connectivity index (χ2n) is 7.69.